The van der Waals surface area contributed by atoms with Crippen LogP contribution in [0, 0.1) is 6.92 Å². The van der Waals surface area contributed by atoms with Crippen LogP contribution in [0.25, 0.3) is 0 Å². The van der Waals surface area contributed by atoms with Gasteiger partial charge in [0, 0.05) is 37.1 Å². The Labute approximate surface area is 88.0 Å². The van der Waals surface area contributed by atoms with Crippen LogP contribution >= 0.6 is 0 Å². The molecular formula is C10H13N5. The summed E-state index contributed by atoms with van der Waals surface area (Å²) in [5.74, 6) is 1.84. The summed E-state index contributed by atoms with van der Waals surface area (Å²) in [4.78, 5) is 15.3. The second-order valence-electron chi connectivity index (χ2n) is 3.26. The van der Waals surface area contributed by atoms with Crippen LogP contribution in [0.15, 0.2) is 24.8 Å². The van der Waals surface area contributed by atoms with Crippen molar-refractivity contribution in [1.82, 2.24) is 19.9 Å². The molecule has 0 saturated carbocycles. The third-order valence-corrected chi connectivity index (χ3v) is 2.03. The number of hydrogen-bond acceptors (Lipinski definition) is 4. The summed E-state index contributed by atoms with van der Waals surface area (Å²) in [6.07, 6.45) is 5.99. The zero-order valence-electron chi connectivity index (χ0n) is 8.57. The van der Waals surface area contributed by atoms with E-state index in [1.54, 1.807) is 12.5 Å². The van der Waals surface area contributed by atoms with Crippen molar-refractivity contribution in [2.24, 2.45) is 0 Å². The fourth-order valence-corrected chi connectivity index (χ4v) is 1.29. The monoisotopic (exact) mass is 203 g/mol. The Kier molecular flexibility index (Phi) is 2.92. The molecule has 2 aromatic rings. The van der Waals surface area contributed by atoms with Gasteiger partial charge in [-0.2, -0.15) is 0 Å². The lowest BCUT2D eigenvalue weighted by Gasteiger charge is -2.03. The molecule has 2 aromatic heterocycles. The van der Waals surface area contributed by atoms with E-state index in [1.165, 1.54) is 0 Å². The third-order valence-electron chi connectivity index (χ3n) is 2.03. The molecule has 0 aliphatic carbocycles. The second kappa shape index (κ2) is 4.54. The second-order valence-corrected chi connectivity index (χ2v) is 3.26. The molecule has 2 heterocycles. The van der Waals surface area contributed by atoms with Gasteiger partial charge in [0.05, 0.1) is 0 Å². The first-order valence-corrected chi connectivity index (χ1v) is 4.85. The molecule has 0 bridgehead atoms. The van der Waals surface area contributed by atoms with Gasteiger partial charge >= 0.3 is 0 Å². The van der Waals surface area contributed by atoms with Crippen LogP contribution in [0.2, 0.25) is 0 Å². The minimum atomic E-state index is 0.809. The van der Waals surface area contributed by atoms with Crippen molar-refractivity contribution < 1.29 is 0 Å². The number of aryl methyl sites for hydroxylation is 1. The molecule has 0 fully saturated rings. The Bertz CT molecular complexity index is 410. The topological polar surface area (TPSA) is 66.5 Å². The molecular weight excluding hydrogens is 190 g/mol. The molecule has 0 saturated heterocycles. The van der Waals surface area contributed by atoms with E-state index in [1.807, 2.05) is 19.2 Å². The normalized spacial score (nSPS) is 10.2. The van der Waals surface area contributed by atoms with E-state index >= 15 is 0 Å². The summed E-state index contributed by atoms with van der Waals surface area (Å²) >= 11 is 0. The summed E-state index contributed by atoms with van der Waals surface area (Å²) in [5.41, 5.74) is 0.963. The minimum Gasteiger partial charge on any atom is -0.370 e. The van der Waals surface area contributed by atoms with Gasteiger partial charge in [0.25, 0.3) is 0 Å². The first-order chi connectivity index (χ1) is 7.34. The van der Waals surface area contributed by atoms with Crippen LogP contribution in [0.3, 0.4) is 0 Å². The molecule has 2 rings (SSSR count). The molecule has 0 atom stereocenters. The van der Waals surface area contributed by atoms with Crippen molar-refractivity contribution in [3.63, 3.8) is 0 Å². The number of nitrogens with zero attached hydrogens (tertiary/aromatic N) is 3. The molecule has 0 aromatic carbocycles. The van der Waals surface area contributed by atoms with E-state index in [-0.39, 0.29) is 0 Å². The fourth-order valence-electron chi connectivity index (χ4n) is 1.29. The molecule has 0 aliphatic heterocycles. The summed E-state index contributed by atoms with van der Waals surface area (Å²) in [7, 11) is 0. The molecule has 15 heavy (non-hydrogen) atoms. The number of anilines is 1. The number of rotatable bonds is 4. The lowest BCUT2D eigenvalue weighted by atomic mass is 10.4. The smallest absolute Gasteiger partial charge is 0.129 e. The number of imidazole rings is 1. The van der Waals surface area contributed by atoms with Crippen molar-refractivity contribution >= 4 is 5.82 Å². The first kappa shape index (κ1) is 9.64. The van der Waals surface area contributed by atoms with Gasteiger partial charge in [-0.1, -0.05) is 0 Å². The molecule has 0 radical (unpaired) electrons. The minimum absolute atomic E-state index is 0.809. The molecule has 0 aliphatic rings. The van der Waals surface area contributed by atoms with Gasteiger partial charge < -0.3 is 10.3 Å². The van der Waals surface area contributed by atoms with E-state index in [0.29, 0.717) is 0 Å². The Hall–Kier alpha value is -1.91. The van der Waals surface area contributed by atoms with Crippen LogP contribution < -0.4 is 5.32 Å². The Balaban J connectivity index is 1.83. The average Bonchev–Trinajstić information content (AvgIpc) is 2.71. The zero-order valence-corrected chi connectivity index (χ0v) is 8.57. The Morgan fingerprint density at radius 3 is 3.00 bits per heavy atom. The number of aromatic amines is 1. The highest BCUT2D eigenvalue weighted by Gasteiger charge is 1.96. The summed E-state index contributed by atoms with van der Waals surface area (Å²) in [6.45, 7) is 2.75. The fraction of sp³-hybridized carbons (Fsp3) is 0.300. The van der Waals surface area contributed by atoms with Crippen molar-refractivity contribution in [2.45, 2.75) is 13.3 Å². The van der Waals surface area contributed by atoms with Gasteiger partial charge in [-0.3, -0.25) is 0 Å². The lowest BCUT2D eigenvalue weighted by Crippen LogP contribution is -2.07. The predicted octanol–water partition coefficient (Wildman–Crippen LogP) is 1.16. The maximum Gasteiger partial charge on any atom is 0.129 e. The van der Waals surface area contributed by atoms with Gasteiger partial charge in [0.1, 0.15) is 18.0 Å². The molecule has 5 nitrogen and oxygen atoms in total. The van der Waals surface area contributed by atoms with E-state index in [2.05, 4.69) is 25.3 Å². The van der Waals surface area contributed by atoms with Crippen LogP contribution in [0.4, 0.5) is 5.82 Å². The molecule has 0 amide bonds. The molecule has 2 N–H and O–H groups in total. The number of hydrogen-bond donors (Lipinski definition) is 2. The average molecular weight is 203 g/mol. The molecule has 0 spiro atoms. The SMILES string of the molecule is Cc1cc(NCCc2ncc[nH]2)ncn1. The van der Waals surface area contributed by atoms with Crippen LogP contribution in [-0.4, -0.2) is 26.5 Å². The first-order valence-electron chi connectivity index (χ1n) is 4.85. The highest BCUT2D eigenvalue weighted by molar-refractivity contribution is 5.34. The molecule has 5 heteroatoms. The maximum absolute atomic E-state index is 4.14. The van der Waals surface area contributed by atoms with Crippen molar-refractivity contribution in [2.75, 3.05) is 11.9 Å². The Morgan fingerprint density at radius 2 is 2.27 bits per heavy atom. The highest BCUT2D eigenvalue weighted by atomic mass is 15.0. The summed E-state index contributed by atoms with van der Waals surface area (Å²) < 4.78 is 0. The zero-order chi connectivity index (χ0) is 10.5. The highest BCUT2D eigenvalue weighted by Crippen LogP contribution is 2.02. The maximum atomic E-state index is 4.14. The van der Waals surface area contributed by atoms with Gasteiger partial charge in [-0.25, -0.2) is 15.0 Å². The van der Waals surface area contributed by atoms with E-state index in [9.17, 15) is 0 Å². The largest absolute Gasteiger partial charge is 0.370 e. The van der Waals surface area contributed by atoms with E-state index in [4.69, 9.17) is 0 Å². The van der Waals surface area contributed by atoms with Crippen LogP contribution in [-0.2, 0) is 6.42 Å². The van der Waals surface area contributed by atoms with Gasteiger partial charge in [0.15, 0.2) is 0 Å². The molecule has 78 valence electrons. The predicted molar refractivity (Wildman–Crippen MR) is 57.6 cm³/mol. The van der Waals surface area contributed by atoms with E-state index in [0.717, 1.165) is 30.3 Å². The number of aromatic nitrogens is 4. The Morgan fingerprint density at radius 1 is 1.33 bits per heavy atom. The van der Waals surface area contributed by atoms with Gasteiger partial charge in [0.2, 0.25) is 0 Å². The van der Waals surface area contributed by atoms with Crippen molar-refractivity contribution in [3.8, 4) is 0 Å². The summed E-state index contributed by atoms with van der Waals surface area (Å²) in [5, 5.41) is 3.21. The van der Waals surface area contributed by atoms with E-state index < -0.39 is 0 Å². The number of nitrogens with one attached hydrogen (secondary N) is 2. The van der Waals surface area contributed by atoms with Crippen molar-refractivity contribution in [1.29, 1.82) is 0 Å². The lowest BCUT2D eigenvalue weighted by molar-refractivity contribution is 0.918. The quantitative estimate of drug-likeness (QED) is 0.782. The third kappa shape index (κ3) is 2.77. The molecule has 0 unspecified atom stereocenters. The van der Waals surface area contributed by atoms with Crippen molar-refractivity contribution in [3.05, 3.63) is 36.3 Å². The van der Waals surface area contributed by atoms with Gasteiger partial charge in [-0.05, 0) is 6.92 Å². The van der Waals surface area contributed by atoms with Crippen LogP contribution in [0.5, 0.6) is 0 Å². The summed E-state index contributed by atoms with van der Waals surface area (Å²) in [6, 6.07) is 1.92. The van der Waals surface area contributed by atoms with Crippen LogP contribution in [0.1, 0.15) is 11.5 Å². The van der Waals surface area contributed by atoms with Gasteiger partial charge in [-0.15, -0.1) is 0 Å². The number of H-pyrrole nitrogens is 1. The standard InChI is InChI=1S/C10H13N5/c1-8-6-10(15-7-14-8)11-3-2-9-12-4-5-13-9/h4-7H,2-3H2,1H3,(H,12,13)(H,11,14,15).